The summed E-state index contributed by atoms with van der Waals surface area (Å²) in [5.74, 6) is 5.82. The standard InChI is InChI=1S/C13H10ClN3O/c14-12-11(15)13(18)17(9-16-12)8-4-7-10-5-2-1-3-6-10/h1-3,5-6,9H,8,15H2. The maximum atomic E-state index is 11.7. The Labute approximate surface area is 109 Å². The van der Waals surface area contributed by atoms with Gasteiger partial charge in [0.2, 0.25) is 0 Å². The molecule has 4 nitrogen and oxygen atoms in total. The number of nitrogens with two attached hydrogens (primary N) is 1. The zero-order chi connectivity index (χ0) is 13.0. The van der Waals surface area contributed by atoms with E-state index >= 15 is 0 Å². The largest absolute Gasteiger partial charge is 0.392 e. The molecule has 1 aromatic heterocycles. The second-order valence-electron chi connectivity index (χ2n) is 3.55. The monoisotopic (exact) mass is 259 g/mol. The van der Waals surface area contributed by atoms with Crippen molar-refractivity contribution in [2.75, 3.05) is 5.73 Å². The molecule has 0 amide bonds. The van der Waals surface area contributed by atoms with E-state index < -0.39 is 0 Å². The third kappa shape index (κ3) is 2.70. The van der Waals surface area contributed by atoms with Crippen molar-refractivity contribution in [1.82, 2.24) is 9.55 Å². The van der Waals surface area contributed by atoms with Crippen LogP contribution in [0.15, 0.2) is 41.5 Å². The molecule has 0 aliphatic rings. The topological polar surface area (TPSA) is 60.9 Å². The van der Waals surface area contributed by atoms with Crippen molar-refractivity contribution in [2.45, 2.75) is 6.54 Å². The molecule has 1 heterocycles. The summed E-state index contributed by atoms with van der Waals surface area (Å²) in [4.78, 5) is 15.5. The molecule has 0 aliphatic carbocycles. The Kier molecular flexibility index (Phi) is 3.66. The third-order valence-electron chi connectivity index (χ3n) is 2.28. The van der Waals surface area contributed by atoms with E-state index in [1.807, 2.05) is 30.3 Å². The molecule has 1 aromatic carbocycles. The molecule has 0 atom stereocenters. The molecule has 90 valence electrons. The maximum Gasteiger partial charge on any atom is 0.278 e. The molecule has 0 aliphatic heterocycles. The molecular formula is C13H10ClN3O. The van der Waals surface area contributed by atoms with Crippen LogP contribution in [0.4, 0.5) is 5.69 Å². The summed E-state index contributed by atoms with van der Waals surface area (Å²) in [6, 6.07) is 9.50. The van der Waals surface area contributed by atoms with Crippen molar-refractivity contribution in [1.29, 1.82) is 0 Å². The first kappa shape index (κ1) is 12.2. The summed E-state index contributed by atoms with van der Waals surface area (Å²) in [6.45, 7) is 0.224. The maximum absolute atomic E-state index is 11.7. The normalized spacial score (nSPS) is 9.61. The van der Waals surface area contributed by atoms with Gasteiger partial charge in [-0.3, -0.25) is 9.36 Å². The molecular weight excluding hydrogens is 250 g/mol. The number of halogens is 1. The first-order chi connectivity index (χ1) is 8.68. The Balaban J connectivity index is 2.20. The number of nitrogens with zero attached hydrogens (tertiary/aromatic N) is 2. The molecule has 0 unspecified atom stereocenters. The minimum Gasteiger partial charge on any atom is -0.392 e. The average Bonchev–Trinajstić information content (AvgIpc) is 2.40. The lowest BCUT2D eigenvalue weighted by Crippen LogP contribution is -2.23. The van der Waals surface area contributed by atoms with Crippen LogP contribution in [0, 0.1) is 11.8 Å². The highest BCUT2D eigenvalue weighted by molar-refractivity contribution is 6.31. The van der Waals surface area contributed by atoms with Gasteiger partial charge in [0.25, 0.3) is 5.56 Å². The van der Waals surface area contributed by atoms with E-state index in [1.165, 1.54) is 10.9 Å². The van der Waals surface area contributed by atoms with Crippen LogP contribution in [0.5, 0.6) is 0 Å². The Bertz CT molecular complexity index is 668. The van der Waals surface area contributed by atoms with Gasteiger partial charge in [-0.2, -0.15) is 0 Å². The van der Waals surface area contributed by atoms with Gasteiger partial charge in [-0.1, -0.05) is 41.6 Å². The van der Waals surface area contributed by atoms with Crippen LogP contribution in [0.1, 0.15) is 5.56 Å². The molecule has 0 bridgehead atoms. The highest BCUT2D eigenvalue weighted by Crippen LogP contribution is 2.07. The Morgan fingerprint density at radius 1 is 1.33 bits per heavy atom. The van der Waals surface area contributed by atoms with Gasteiger partial charge < -0.3 is 5.73 Å². The smallest absolute Gasteiger partial charge is 0.278 e. The van der Waals surface area contributed by atoms with Gasteiger partial charge in [-0.25, -0.2) is 4.98 Å². The highest BCUT2D eigenvalue weighted by Gasteiger charge is 2.04. The molecule has 5 heteroatoms. The molecule has 2 N–H and O–H groups in total. The third-order valence-corrected chi connectivity index (χ3v) is 2.58. The summed E-state index contributed by atoms with van der Waals surface area (Å²) in [5, 5.41) is 0.0206. The van der Waals surface area contributed by atoms with Gasteiger partial charge in [0.1, 0.15) is 12.0 Å². The highest BCUT2D eigenvalue weighted by atomic mass is 35.5. The summed E-state index contributed by atoms with van der Waals surface area (Å²) < 4.78 is 1.32. The van der Waals surface area contributed by atoms with Crippen LogP contribution < -0.4 is 11.3 Å². The summed E-state index contributed by atoms with van der Waals surface area (Å²) >= 11 is 5.63. The van der Waals surface area contributed by atoms with Gasteiger partial charge in [0, 0.05) is 5.56 Å². The van der Waals surface area contributed by atoms with Crippen molar-refractivity contribution in [2.24, 2.45) is 0 Å². The summed E-state index contributed by atoms with van der Waals surface area (Å²) in [6.07, 6.45) is 1.33. The van der Waals surface area contributed by atoms with Gasteiger partial charge in [-0.15, -0.1) is 0 Å². The van der Waals surface area contributed by atoms with Gasteiger partial charge >= 0.3 is 0 Å². The number of anilines is 1. The molecule has 0 saturated carbocycles. The molecule has 0 fully saturated rings. The lowest BCUT2D eigenvalue weighted by Gasteiger charge is -2.01. The number of nitrogen functional groups attached to an aromatic ring is 1. The van der Waals surface area contributed by atoms with Gasteiger partial charge in [0.15, 0.2) is 5.15 Å². The molecule has 18 heavy (non-hydrogen) atoms. The van der Waals surface area contributed by atoms with E-state index in [0.717, 1.165) is 5.56 Å². The van der Waals surface area contributed by atoms with Crippen LogP contribution in [-0.4, -0.2) is 9.55 Å². The molecule has 2 aromatic rings. The minimum atomic E-state index is -0.377. The lowest BCUT2D eigenvalue weighted by atomic mass is 10.2. The van der Waals surface area contributed by atoms with Crippen molar-refractivity contribution in [3.05, 3.63) is 57.7 Å². The second-order valence-corrected chi connectivity index (χ2v) is 3.91. The number of rotatable bonds is 1. The quantitative estimate of drug-likeness (QED) is 0.624. The van der Waals surface area contributed by atoms with E-state index in [-0.39, 0.29) is 22.9 Å². The second kappa shape index (κ2) is 5.39. The molecule has 0 radical (unpaired) electrons. The van der Waals surface area contributed by atoms with E-state index in [0.29, 0.717) is 0 Å². The van der Waals surface area contributed by atoms with Crippen LogP contribution in [0.2, 0.25) is 5.15 Å². The number of hydrogen-bond acceptors (Lipinski definition) is 3. The average molecular weight is 260 g/mol. The Morgan fingerprint density at radius 2 is 2.06 bits per heavy atom. The van der Waals surface area contributed by atoms with Crippen molar-refractivity contribution in [3.8, 4) is 11.8 Å². The predicted molar refractivity (Wildman–Crippen MR) is 71.2 cm³/mol. The van der Waals surface area contributed by atoms with Crippen molar-refractivity contribution in [3.63, 3.8) is 0 Å². The number of hydrogen-bond donors (Lipinski definition) is 1. The fourth-order valence-corrected chi connectivity index (χ4v) is 1.47. The van der Waals surface area contributed by atoms with Crippen LogP contribution in [-0.2, 0) is 6.54 Å². The SMILES string of the molecule is Nc1c(Cl)ncn(CC#Cc2ccccc2)c1=O. The molecule has 0 spiro atoms. The van der Waals surface area contributed by atoms with Crippen LogP contribution >= 0.6 is 11.6 Å². The van der Waals surface area contributed by atoms with E-state index in [4.69, 9.17) is 17.3 Å². The van der Waals surface area contributed by atoms with Gasteiger partial charge in [-0.05, 0) is 12.1 Å². The number of aromatic nitrogens is 2. The molecule has 0 saturated heterocycles. The van der Waals surface area contributed by atoms with Crippen LogP contribution in [0.25, 0.3) is 0 Å². The molecule has 2 rings (SSSR count). The first-order valence-electron chi connectivity index (χ1n) is 5.23. The van der Waals surface area contributed by atoms with Crippen LogP contribution in [0.3, 0.4) is 0 Å². The summed E-state index contributed by atoms with van der Waals surface area (Å²) in [7, 11) is 0. The van der Waals surface area contributed by atoms with E-state index in [2.05, 4.69) is 16.8 Å². The predicted octanol–water partition coefficient (Wildman–Crippen LogP) is 1.53. The van der Waals surface area contributed by atoms with E-state index in [1.54, 1.807) is 0 Å². The van der Waals surface area contributed by atoms with Crippen molar-refractivity contribution >= 4 is 17.3 Å². The zero-order valence-electron chi connectivity index (χ0n) is 9.43. The fourth-order valence-electron chi connectivity index (χ4n) is 1.35. The Morgan fingerprint density at radius 3 is 2.78 bits per heavy atom. The van der Waals surface area contributed by atoms with Crippen molar-refractivity contribution < 1.29 is 0 Å². The van der Waals surface area contributed by atoms with Gasteiger partial charge in [0.05, 0.1) is 6.54 Å². The summed E-state index contributed by atoms with van der Waals surface area (Å²) in [5.41, 5.74) is 5.95. The fraction of sp³-hybridized carbons (Fsp3) is 0.0769. The first-order valence-corrected chi connectivity index (χ1v) is 5.60. The lowest BCUT2D eigenvalue weighted by molar-refractivity contribution is 0.772. The van der Waals surface area contributed by atoms with E-state index in [9.17, 15) is 4.79 Å². The zero-order valence-corrected chi connectivity index (χ0v) is 10.2. The number of benzene rings is 1. The minimum absolute atomic E-state index is 0.0206. The Hall–Kier alpha value is -2.25.